The minimum atomic E-state index is 0.774. The Labute approximate surface area is 236 Å². The maximum atomic E-state index is 2.84. The van der Waals surface area contributed by atoms with E-state index in [1.807, 2.05) is 0 Å². The van der Waals surface area contributed by atoms with Gasteiger partial charge in [-0.3, -0.25) is 14.7 Å². The molecule has 4 heterocycles. The van der Waals surface area contributed by atoms with Crippen LogP contribution in [-0.2, 0) is 0 Å². The molecule has 0 aromatic heterocycles. The largest absolute Gasteiger partial charge is 0.298 e. The summed E-state index contributed by atoms with van der Waals surface area (Å²) in [5, 5.41) is 0. The first-order valence-corrected chi connectivity index (χ1v) is 17.5. The number of nitrogens with zero attached hydrogens (tertiary/aromatic N) is 3. The van der Waals surface area contributed by atoms with Crippen LogP contribution >= 0.6 is 0 Å². The van der Waals surface area contributed by atoms with Crippen molar-refractivity contribution < 1.29 is 0 Å². The zero-order valence-corrected chi connectivity index (χ0v) is 26.2. The fourth-order valence-corrected chi connectivity index (χ4v) is 11.5. The molecular weight excluding hydrogens is 462 g/mol. The van der Waals surface area contributed by atoms with E-state index in [0.29, 0.717) is 0 Å². The van der Waals surface area contributed by atoms with Crippen LogP contribution in [0.1, 0.15) is 131 Å². The molecule has 5 saturated carbocycles. The van der Waals surface area contributed by atoms with E-state index >= 15 is 0 Å². The molecule has 7 bridgehead atoms. The van der Waals surface area contributed by atoms with Crippen LogP contribution in [0, 0.1) is 35.0 Å². The third kappa shape index (κ3) is 5.29. The third-order valence-electron chi connectivity index (χ3n) is 13.3. The van der Waals surface area contributed by atoms with Gasteiger partial charge in [0, 0.05) is 55.9 Å². The molecule has 4 saturated heterocycles. The summed E-state index contributed by atoms with van der Waals surface area (Å²) >= 11 is 0. The molecule has 0 amide bonds. The van der Waals surface area contributed by atoms with Crippen molar-refractivity contribution in [3.63, 3.8) is 0 Å². The molecule has 1 spiro atoms. The molecule has 3 heteroatoms. The normalized spacial score (nSPS) is 45.4. The average Bonchev–Trinajstić information content (AvgIpc) is 3.22. The van der Waals surface area contributed by atoms with Crippen molar-refractivity contribution in [2.24, 2.45) is 35.0 Å². The Morgan fingerprint density at radius 2 is 1.05 bits per heavy atom. The molecule has 9 fully saturated rings. The highest BCUT2D eigenvalue weighted by atomic mass is 15.2. The molecule has 3 nitrogen and oxygen atoms in total. The van der Waals surface area contributed by atoms with Crippen molar-refractivity contribution in [1.29, 1.82) is 0 Å². The second-order valence-corrected chi connectivity index (χ2v) is 16.3. The fraction of sp³-hybridized carbons (Fsp3) is 1.00. The summed E-state index contributed by atoms with van der Waals surface area (Å²) in [6, 6.07) is 5.18. The molecule has 5 aliphatic carbocycles. The quantitative estimate of drug-likeness (QED) is 0.372. The van der Waals surface area contributed by atoms with Gasteiger partial charge in [0.15, 0.2) is 0 Å². The highest BCUT2D eigenvalue weighted by molar-refractivity contribution is 5.16. The lowest BCUT2D eigenvalue weighted by atomic mass is 9.56. The van der Waals surface area contributed by atoms with Crippen LogP contribution < -0.4 is 0 Å². The van der Waals surface area contributed by atoms with Crippen LogP contribution in [0.25, 0.3) is 0 Å². The Morgan fingerprint density at radius 3 is 1.76 bits per heavy atom. The first-order valence-electron chi connectivity index (χ1n) is 17.5. The molecule has 9 aliphatic rings. The second kappa shape index (κ2) is 11.3. The van der Waals surface area contributed by atoms with Crippen LogP contribution in [0.5, 0.6) is 0 Å². The van der Waals surface area contributed by atoms with E-state index in [4.69, 9.17) is 0 Å². The predicted octanol–water partition coefficient (Wildman–Crippen LogP) is 7.83. The van der Waals surface area contributed by atoms with E-state index in [1.54, 1.807) is 32.1 Å². The van der Waals surface area contributed by atoms with Gasteiger partial charge in [-0.2, -0.15) is 0 Å². The van der Waals surface area contributed by atoms with E-state index in [0.717, 1.165) is 71.3 Å². The zero-order valence-electron chi connectivity index (χ0n) is 26.2. The molecule has 0 aromatic carbocycles. The van der Waals surface area contributed by atoms with Crippen LogP contribution in [0.15, 0.2) is 0 Å². The molecule has 4 aliphatic heterocycles. The SMILES string of the molecule is CC(C)N1CC2CC3CC4CC1CC34C2.CC(C)N1CC2CCCC1C2.CC(C)N1CC2CCCC1CC2. The molecule has 38 heavy (non-hydrogen) atoms. The van der Waals surface area contributed by atoms with Gasteiger partial charge < -0.3 is 0 Å². The summed E-state index contributed by atoms with van der Waals surface area (Å²) in [6.45, 7) is 18.4. The average molecular weight is 526 g/mol. The van der Waals surface area contributed by atoms with E-state index in [9.17, 15) is 0 Å². The number of piperidine rings is 1. The van der Waals surface area contributed by atoms with Crippen molar-refractivity contribution in [2.45, 2.75) is 168 Å². The fourth-order valence-electron chi connectivity index (χ4n) is 11.5. The Kier molecular flexibility index (Phi) is 8.32. The van der Waals surface area contributed by atoms with Gasteiger partial charge in [-0.25, -0.2) is 0 Å². The monoisotopic (exact) mass is 526 g/mol. The van der Waals surface area contributed by atoms with Gasteiger partial charge >= 0.3 is 0 Å². The van der Waals surface area contributed by atoms with Crippen LogP contribution in [0.4, 0.5) is 0 Å². The van der Waals surface area contributed by atoms with Gasteiger partial charge in [0.2, 0.25) is 0 Å². The summed E-state index contributed by atoms with van der Waals surface area (Å²) in [5.41, 5.74) is 0.874. The van der Waals surface area contributed by atoms with E-state index in [1.165, 1.54) is 77.4 Å². The maximum absolute atomic E-state index is 2.84. The van der Waals surface area contributed by atoms with E-state index < -0.39 is 0 Å². The van der Waals surface area contributed by atoms with E-state index in [-0.39, 0.29) is 0 Å². The zero-order chi connectivity index (χ0) is 26.6. The number of likely N-dealkylation sites (tertiary alicyclic amines) is 2. The number of hydrogen-bond donors (Lipinski definition) is 0. The minimum Gasteiger partial charge on any atom is -0.298 e. The highest BCUT2D eigenvalue weighted by Gasteiger charge is 2.65. The Balaban J connectivity index is 0.000000106. The standard InChI is InChI=1S/C14H23N.C11H21N.C10H19N/c1-9(2)15-8-10-3-11-4-12-5-13(15)7-14(11,12)6-10;1-9(2)12-8-10-4-3-5-11(12)7-6-10;1-8(2)11-7-9-4-3-5-10(11)6-9/h9-13H,3-8H2,1-2H3;9-11H,3-8H2,1-2H3;8-10H,3-7H2,1-2H3. The van der Waals surface area contributed by atoms with Crippen LogP contribution in [-0.4, -0.2) is 70.6 Å². The lowest BCUT2D eigenvalue weighted by Gasteiger charge is -2.48. The second-order valence-electron chi connectivity index (χ2n) is 16.3. The lowest BCUT2D eigenvalue weighted by molar-refractivity contribution is 0.00285. The Morgan fingerprint density at radius 1 is 0.474 bits per heavy atom. The van der Waals surface area contributed by atoms with Crippen molar-refractivity contribution in [3.8, 4) is 0 Å². The van der Waals surface area contributed by atoms with Crippen molar-refractivity contribution in [1.82, 2.24) is 14.7 Å². The smallest absolute Gasteiger partial charge is 0.0106 e. The van der Waals surface area contributed by atoms with E-state index in [2.05, 4.69) is 56.2 Å². The number of fused-ring (bicyclic) bond motifs is 8. The molecule has 0 radical (unpaired) electrons. The van der Waals surface area contributed by atoms with Crippen molar-refractivity contribution in [3.05, 3.63) is 0 Å². The molecular formula is C35H63N3. The molecule has 9 rings (SSSR count). The molecule has 218 valence electrons. The first kappa shape index (κ1) is 28.0. The van der Waals surface area contributed by atoms with Crippen molar-refractivity contribution >= 4 is 0 Å². The number of rotatable bonds is 3. The summed E-state index contributed by atoms with van der Waals surface area (Å²) in [7, 11) is 0. The summed E-state index contributed by atoms with van der Waals surface area (Å²) in [4.78, 5) is 8.28. The summed E-state index contributed by atoms with van der Waals surface area (Å²) in [5.74, 6) is 5.45. The van der Waals surface area contributed by atoms with Gasteiger partial charge in [0.05, 0.1) is 0 Å². The first-order chi connectivity index (χ1) is 18.2. The Bertz CT molecular complexity index is 788. The predicted molar refractivity (Wildman–Crippen MR) is 161 cm³/mol. The molecule has 0 aromatic rings. The maximum Gasteiger partial charge on any atom is 0.0106 e. The van der Waals surface area contributed by atoms with Gasteiger partial charge in [-0.05, 0) is 154 Å². The lowest BCUT2D eigenvalue weighted by Crippen LogP contribution is -2.45. The van der Waals surface area contributed by atoms with Gasteiger partial charge in [-0.1, -0.05) is 12.8 Å². The minimum absolute atomic E-state index is 0.774. The highest BCUT2D eigenvalue weighted by Crippen LogP contribution is 2.71. The molecule has 9 atom stereocenters. The van der Waals surface area contributed by atoms with Crippen LogP contribution in [0.3, 0.4) is 0 Å². The summed E-state index contributed by atoms with van der Waals surface area (Å²) in [6.07, 6.45) is 21.3. The topological polar surface area (TPSA) is 9.72 Å². The Hall–Kier alpha value is -0.120. The van der Waals surface area contributed by atoms with Gasteiger partial charge in [-0.15, -0.1) is 0 Å². The van der Waals surface area contributed by atoms with Gasteiger partial charge in [0.25, 0.3) is 0 Å². The summed E-state index contributed by atoms with van der Waals surface area (Å²) < 4.78 is 0. The third-order valence-corrected chi connectivity index (χ3v) is 13.3. The van der Waals surface area contributed by atoms with Crippen LogP contribution in [0.2, 0.25) is 0 Å². The van der Waals surface area contributed by atoms with Gasteiger partial charge in [0.1, 0.15) is 0 Å². The molecule has 9 unspecified atom stereocenters. The number of hydrogen-bond acceptors (Lipinski definition) is 3. The van der Waals surface area contributed by atoms with Crippen molar-refractivity contribution in [2.75, 3.05) is 19.6 Å². The molecule has 0 N–H and O–H groups in total.